The van der Waals surface area contributed by atoms with Crippen molar-refractivity contribution >= 4 is 15.8 Å². The third-order valence-electron chi connectivity index (χ3n) is 4.66. The smallest absolute Gasteiger partial charge is 0.191 e. The second-order valence-electron chi connectivity index (χ2n) is 7.32. The molecule has 0 amide bonds. The Kier molecular flexibility index (Phi) is 8.53. The van der Waals surface area contributed by atoms with Crippen LogP contribution < -0.4 is 10.6 Å². The van der Waals surface area contributed by atoms with Crippen molar-refractivity contribution in [3.8, 4) is 0 Å². The molecule has 1 aliphatic rings. The summed E-state index contributed by atoms with van der Waals surface area (Å²) in [5.41, 5.74) is 0. The van der Waals surface area contributed by atoms with Crippen molar-refractivity contribution < 1.29 is 8.42 Å². The summed E-state index contributed by atoms with van der Waals surface area (Å²) in [5, 5.41) is 15.2. The Labute approximate surface area is 163 Å². The van der Waals surface area contributed by atoms with E-state index >= 15 is 0 Å². The van der Waals surface area contributed by atoms with E-state index in [1.165, 1.54) is 25.5 Å². The van der Waals surface area contributed by atoms with Crippen LogP contribution in [0.2, 0.25) is 0 Å². The predicted molar refractivity (Wildman–Crippen MR) is 109 cm³/mol. The highest BCUT2D eigenvalue weighted by molar-refractivity contribution is 7.90. The molecule has 1 aliphatic heterocycles. The van der Waals surface area contributed by atoms with Gasteiger partial charge in [0.1, 0.15) is 21.5 Å². The zero-order valence-corrected chi connectivity index (χ0v) is 17.7. The average molecular weight is 399 g/mol. The lowest BCUT2D eigenvalue weighted by atomic mass is 10.2. The van der Waals surface area contributed by atoms with E-state index in [4.69, 9.17) is 0 Å². The molecule has 1 unspecified atom stereocenters. The van der Waals surface area contributed by atoms with Crippen LogP contribution in [0.3, 0.4) is 0 Å². The Hall–Kier alpha value is -1.64. The molecule has 9 heteroatoms. The highest BCUT2D eigenvalue weighted by Crippen LogP contribution is 2.15. The lowest BCUT2D eigenvalue weighted by molar-refractivity contribution is 0.580. The van der Waals surface area contributed by atoms with Gasteiger partial charge in [0.2, 0.25) is 0 Å². The van der Waals surface area contributed by atoms with Gasteiger partial charge in [-0.3, -0.25) is 4.99 Å². The number of aliphatic imine (C=N–C) groups is 1. The van der Waals surface area contributed by atoms with Gasteiger partial charge >= 0.3 is 0 Å². The Bertz CT molecular complexity index is 713. The van der Waals surface area contributed by atoms with Crippen LogP contribution in [0.1, 0.15) is 57.6 Å². The molecule has 0 spiro atoms. The number of hydrogen-bond acceptors (Lipinski definition) is 5. The van der Waals surface area contributed by atoms with Crippen LogP contribution in [0.4, 0.5) is 0 Å². The normalized spacial score (nSPS) is 16.5. The molecule has 2 heterocycles. The van der Waals surface area contributed by atoms with Crippen LogP contribution in [-0.4, -0.2) is 60.3 Å². The Balaban J connectivity index is 1.82. The Morgan fingerprint density at radius 2 is 2.11 bits per heavy atom. The molecule has 27 heavy (non-hydrogen) atoms. The topological polar surface area (TPSA) is 101 Å². The molecule has 0 fully saturated rings. The van der Waals surface area contributed by atoms with Gasteiger partial charge < -0.3 is 15.2 Å². The quantitative estimate of drug-likeness (QED) is 0.370. The summed E-state index contributed by atoms with van der Waals surface area (Å²) in [4.78, 5) is 4.62. The monoisotopic (exact) mass is 398 g/mol. The van der Waals surface area contributed by atoms with Gasteiger partial charge in [0, 0.05) is 44.8 Å². The minimum atomic E-state index is -2.94. The summed E-state index contributed by atoms with van der Waals surface area (Å²) >= 11 is 0. The lowest BCUT2D eigenvalue weighted by Crippen LogP contribution is -2.42. The highest BCUT2D eigenvalue weighted by atomic mass is 32.2. The van der Waals surface area contributed by atoms with E-state index < -0.39 is 9.84 Å². The fourth-order valence-electron chi connectivity index (χ4n) is 3.17. The van der Waals surface area contributed by atoms with Crippen LogP contribution >= 0.6 is 0 Å². The van der Waals surface area contributed by atoms with Gasteiger partial charge in [0.25, 0.3) is 0 Å². The van der Waals surface area contributed by atoms with Gasteiger partial charge in [-0.25, -0.2) is 8.42 Å². The number of nitrogens with one attached hydrogen (secondary N) is 2. The first-order chi connectivity index (χ1) is 12.9. The molecular formula is C18H34N6O2S. The fourth-order valence-corrected chi connectivity index (χ4v) is 3.96. The predicted octanol–water partition coefficient (Wildman–Crippen LogP) is 1.32. The van der Waals surface area contributed by atoms with Crippen molar-refractivity contribution in [1.29, 1.82) is 0 Å². The van der Waals surface area contributed by atoms with E-state index in [1.54, 1.807) is 0 Å². The number of fused-ring (bicyclic) bond motifs is 1. The van der Waals surface area contributed by atoms with Crippen molar-refractivity contribution in [3.05, 3.63) is 11.6 Å². The number of hydrogen-bond donors (Lipinski definition) is 2. The maximum absolute atomic E-state index is 11.3. The summed E-state index contributed by atoms with van der Waals surface area (Å²) in [7, 11) is -2.94. The molecule has 0 saturated heterocycles. The number of aromatic nitrogens is 3. The van der Waals surface area contributed by atoms with Crippen molar-refractivity contribution in [2.24, 2.45) is 4.99 Å². The third kappa shape index (κ3) is 7.86. The van der Waals surface area contributed by atoms with E-state index in [0.717, 1.165) is 50.0 Å². The summed E-state index contributed by atoms with van der Waals surface area (Å²) in [6.45, 7) is 6.48. The van der Waals surface area contributed by atoms with Crippen LogP contribution in [0.25, 0.3) is 0 Å². The molecule has 154 valence electrons. The largest absolute Gasteiger partial charge is 0.357 e. The Morgan fingerprint density at radius 3 is 2.85 bits per heavy atom. The van der Waals surface area contributed by atoms with E-state index in [0.29, 0.717) is 13.0 Å². The van der Waals surface area contributed by atoms with Crippen LogP contribution in [-0.2, 0) is 29.2 Å². The maximum Gasteiger partial charge on any atom is 0.191 e. The van der Waals surface area contributed by atoms with Crippen LogP contribution in [0, 0.1) is 0 Å². The minimum absolute atomic E-state index is 0.0461. The van der Waals surface area contributed by atoms with Gasteiger partial charge in [-0.05, 0) is 39.5 Å². The van der Waals surface area contributed by atoms with Gasteiger partial charge in [0.05, 0.1) is 5.75 Å². The zero-order chi connectivity index (χ0) is 19.7. The number of sulfone groups is 1. The van der Waals surface area contributed by atoms with E-state index in [1.807, 2.05) is 13.8 Å². The number of nitrogens with zero attached hydrogens (tertiary/aromatic N) is 4. The molecule has 1 aromatic rings. The number of aryl methyl sites for hydroxylation is 2. The minimum Gasteiger partial charge on any atom is -0.357 e. The summed E-state index contributed by atoms with van der Waals surface area (Å²) in [6.07, 6.45) is 8.33. The highest BCUT2D eigenvalue weighted by Gasteiger charge is 2.14. The van der Waals surface area contributed by atoms with Gasteiger partial charge in [-0.15, -0.1) is 10.2 Å². The van der Waals surface area contributed by atoms with E-state index in [9.17, 15) is 8.42 Å². The first-order valence-electron chi connectivity index (χ1n) is 10.0. The van der Waals surface area contributed by atoms with Crippen molar-refractivity contribution in [2.45, 2.75) is 71.4 Å². The van der Waals surface area contributed by atoms with Crippen molar-refractivity contribution in [3.63, 3.8) is 0 Å². The SMILES string of the molecule is CCNC(=NCCCc1nnc2n1CCCCC2)NC(C)CCS(C)(=O)=O. The Morgan fingerprint density at radius 1 is 1.30 bits per heavy atom. The maximum atomic E-state index is 11.3. The summed E-state index contributed by atoms with van der Waals surface area (Å²) < 4.78 is 24.9. The average Bonchev–Trinajstić information content (AvgIpc) is 2.83. The first-order valence-corrected chi connectivity index (χ1v) is 12.1. The van der Waals surface area contributed by atoms with Crippen LogP contribution in [0.5, 0.6) is 0 Å². The number of rotatable bonds is 9. The molecule has 1 atom stereocenters. The number of guanidine groups is 1. The molecule has 0 bridgehead atoms. The summed E-state index contributed by atoms with van der Waals surface area (Å²) in [5.74, 6) is 3.11. The second-order valence-corrected chi connectivity index (χ2v) is 9.58. The van der Waals surface area contributed by atoms with Gasteiger partial charge in [0.15, 0.2) is 5.96 Å². The molecular weight excluding hydrogens is 364 g/mol. The van der Waals surface area contributed by atoms with Crippen molar-refractivity contribution in [2.75, 3.05) is 25.1 Å². The molecule has 2 rings (SSSR count). The standard InChI is InChI=1S/C18H34N6O2S/c1-4-19-18(21-15(2)11-14-27(3,25)26)20-12-8-10-17-23-22-16-9-6-5-7-13-24(16)17/h15H,4-14H2,1-3H3,(H2,19,20,21). The van der Waals surface area contributed by atoms with Gasteiger partial charge in [-0.2, -0.15) is 0 Å². The molecule has 0 saturated carbocycles. The van der Waals surface area contributed by atoms with Crippen molar-refractivity contribution in [1.82, 2.24) is 25.4 Å². The second kappa shape index (κ2) is 10.6. The molecule has 2 N–H and O–H groups in total. The molecule has 0 radical (unpaired) electrons. The molecule has 8 nitrogen and oxygen atoms in total. The molecule has 0 aromatic carbocycles. The first kappa shape index (κ1) is 21.7. The zero-order valence-electron chi connectivity index (χ0n) is 16.9. The van der Waals surface area contributed by atoms with E-state index in [2.05, 4.69) is 30.4 Å². The van der Waals surface area contributed by atoms with Gasteiger partial charge in [-0.1, -0.05) is 6.42 Å². The molecule has 1 aromatic heterocycles. The van der Waals surface area contributed by atoms with E-state index in [-0.39, 0.29) is 11.8 Å². The summed E-state index contributed by atoms with van der Waals surface area (Å²) in [6, 6.07) is 0.0461. The van der Waals surface area contributed by atoms with Crippen LogP contribution in [0.15, 0.2) is 4.99 Å². The lowest BCUT2D eigenvalue weighted by Gasteiger charge is -2.17. The molecule has 0 aliphatic carbocycles. The third-order valence-corrected chi connectivity index (χ3v) is 5.64. The fraction of sp³-hybridized carbons (Fsp3) is 0.833.